The number of benzene rings is 1. The summed E-state index contributed by atoms with van der Waals surface area (Å²) >= 11 is 0. The highest BCUT2D eigenvalue weighted by molar-refractivity contribution is 5.34. The number of allylic oxidation sites excluding steroid dienone is 2. The minimum Gasteiger partial charge on any atom is -0.465 e. The van der Waals surface area contributed by atoms with Gasteiger partial charge in [0, 0.05) is 6.07 Å². The molecule has 0 heterocycles. The molecule has 16 heavy (non-hydrogen) atoms. The molecule has 1 rings (SSSR count). The highest BCUT2D eigenvalue weighted by Crippen LogP contribution is 2.20. The van der Waals surface area contributed by atoms with E-state index in [-0.39, 0.29) is 0 Å². The molecule has 0 amide bonds. The Morgan fingerprint density at radius 1 is 0.875 bits per heavy atom. The molecule has 0 saturated heterocycles. The van der Waals surface area contributed by atoms with Crippen molar-refractivity contribution in [2.75, 3.05) is 0 Å². The molecule has 0 unspecified atom stereocenters. The van der Waals surface area contributed by atoms with Gasteiger partial charge in [0.05, 0.1) is 12.5 Å². The number of rotatable bonds is 4. The smallest absolute Gasteiger partial charge is 0.130 e. The minimum absolute atomic E-state index is 0.779. The molecule has 0 atom stereocenters. The van der Waals surface area contributed by atoms with E-state index < -0.39 is 0 Å². The summed E-state index contributed by atoms with van der Waals surface area (Å²) in [7, 11) is 0. The molecule has 0 saturated carbocycles. The van der Waals surface area contributed by atoms with Crippen LogP contribution in [-0.2, 0) is 0 Å². The molecule has 0 bridgehead atoms. The molecule has 0 aliphatic rings. The van der Waals surface area contributed by atoms with Crippen molar-refractivity contribution in [1.29, 1.82) is 0 Å². The largest absolute Gasteiger partial charge is 0.465 e. The fraction of sp³-hybridized carbons (Fsp3) is 0.286. The van der Waals surface area contributed by atoms with E-state index in [2.05, 4.69) is 0 Å². The fourth-order valence-electron chi connectivity index (χ4n) is 0.993. The second-order valence-corrected chi connectivity index (χ2v) is 4.10. The van der Waals surface area contributed by atoms with Gasteiger partial charge in [-0.3, -0.25) is 0 Å². The molecular weight excluding hydrogens is 200 g/mol. The third-order valence-corrected chi connectivity index (χ3v) is 1.67. The van der Waals surface area contributed by atoms with Gasteiger partial charge >= 0.3 is 0 Å². The van der Waals surface area contributed by atoms with Gasteiger partial charge in [0.25, 0.3) is 0 Å². The Bertz CT molecular complexity index is 360. The summed E-state index contributed by atoms with van der Waals surface area (Å²) in [5.74, 6) is 1.56. The molecular formula is C14H18O2. The van der Waals surface area contributed by atoms with Gasteiger partial charge in [0.15, 0.2) is 0 Å². The van der Waals surface area contributed by atoms with Crippen LogP contribution in [0.3, 0.4) is 0 Å². The van der Waals surface area contributed by atoms with Crippen molar-refractivity contribution in [2.45, 2.75) is 27.7 Å². The number of ether oxygens (including phenoxy) is 2. The first-order chi connectivity index (χ1) is 7.58. The summed E-state index contributed by atoms with van der Waals surface area (Å²) in [6.07, 6.45) is 3.44. The first kappa shape index (κ1) is 12.4. The maximum absolute atomic E-state index is 5.45. The van der Waals surface area contributed by atoms with E-state index in [1.54, 1.807) is 12.5 Å². The Kier molecular flexibility index (Phi) is 4.65. The average Bonchev–Trinajstić information content (AvgIpc) is 2.24. The van der Waals surface area contributed by atoms with Gasteiger partial charge in [-0.15, -0.1) is 0 Å². The molecule has 0 aliphatic heterocycles. The van der Waals surface area contributed by atoms with E-state index in [0.29, 0.717) is 0 Å². The van der Waals surface area contributed by atoms with Crippen molar-refractivity contribution in [3.05, 3.63) is 47.9 Å². The van der Waals surface area contributed by atoms with Crippen LogP contribution in [0.15, 0.2) is 47.9 Å². The summed E-state index contributed by atoms with van der Waals surface area (Å²) in [6.45, 7) is 7.96. The van der Waals surface area contributed by atoms with Gasteiger partial charge < -0.3 is 9.47 Å². The minimum atomic E-state index is 0.779. The Balaban J connectivity index is 2.71. The third-order valence-electron chi connectivity index (χ3n) is 1.67. The summed E-state index contributed by atoms with van der Waals surface area (Å²) < 4.78 is 10.9. The van der Waals surface area contributed by atoms with Gasteiger partial charge in [-0.2, -0.15) is 0 Å². The highest BCUT2D eigenvalue weighted by Gasteiger charge is 1.95. The first-order valence-corrected chi connectivity index (χ1v) is 5.28. The van der Waals surface area contributed by atoms with E-state index >= 15 is 0 Å². The Morgan fingerprint density at radius 2 is 1.31 bits per heavy atom. The molecule has 2 heteroatoms. The van der Waals surface area contributed by atoms with Crippen LogP contribution in [0.1, 0.15) is 27.7 Å². The van der Waals surface area contributed by atoms with Crippen LogP contribution in [0.2, 0.25) is 0 Å². The molecule has 2 nitrogen and oxygen atoms in total. The van der Waals surface area contributed by atoms with Crippen LogP contribution in [0, 0.1) is 0 Å². The zero-order valence-corrected chi connectivity index (χ0v) is 10.3. The van der Waals surface area contributed by atoms with E-state index in [0.717, 1.165) is 22.6 Å². The van der Waals surface area contributed by atoms with Gasteiger partial charge in [-0.05, 0) is 51.0 Å². The predicted octanol–water partition coefficient (Wildman–Crippen LogP) is 4.29. The number of hydrogen-bond acceptors (Lipinski definition) is 2. The van der Waals surface area contributed by atoms with Crippen LogP contribution >= 0.6 is 0 Å². The second kappa shape index (κ2) is 6.01. The molecule has 0 fully saturated rings. The van der Waals surface area contributed by atoms with Crippen molar-refractivity contribution in [3.63, 3.8) is 0 Å². The van der Waals surface area contributed by atoms with Gasteiger partial charge in [-0.25, -0.2) is 0 Å². The lowest BCUT2D eigenvalue weighted by Crippen LogP contribution is -1.86. The summed E-state index contributed by atoms with van der Waals surface area (Å²) in [6, 6.07) is 7.56. The monoisotopic (exact) mass is 218 g/mol. The zero-order valence-electron chi connectivity index (χ0n) is 10.3. The topological polar surface area (TPSA) is 18.5 Å². The van der Waals surface area contributed by atoms with Crippen LogP contribution in [0.5, 0.6) is 11.5 Å². The van der Waals surface area contributed by atoms with Crippen molar-refractivity contribution >= 4 is 0 Å². The third kappa shape index (κ3) is 4.69. The van der Waals surface area contributed by atoms with Crippen molar-refractivity contribution in [2.24, 2.45) is 0 Å². The van der Waals surface area contributed by atoms with Crippen LogP contribution in [-0.4, -0.2) is 0 Å². The van der Waals surface area contributed by atoms with Gasteiger partial charge in [0.1, 0.15) is 11.5 Å². The lowest BCUT2D eigenvalue weighted by molar-refractivity contribution is 0.453. The van der Waals surface area contributed by atoms with E-state index in [4.69, 9.17) is 9.47 Å². The summed E-state index contributed by atoms with van der Waals surface area (Å²) in [5.41, 5.74) is 2.24. The highest BCUT2D eigenvalue weighted by atomic mass is 16.5. The SMILES string of the molecule is CC(C)=COc1cccc(OC=C(C)C)c1. The van der Waals surface area contributed by atoms with Crippen LogP contribution in [0.4, 0.5) is 0 Å². The Morgan fingerprint density at radius 3 is 1.69 bits per heavy atom. The Hall–Kier alpha value is -1.70. The van der Waals surface area contributed by atoms with Crippen molar-refractivity contribution < 1.29 is 9.47 Å². The average molecular weight is 218 g/mol. The van der Waals surface area contributed by atoms with E-state index in [1.165, 1.54) is 0 Å². The zero-order chi connectivity index (χ0) is 12.0. The standard InChI is InChI=1S/C14H18O2/c1-11(2)9-15-13-6-5-7-14(8-13)16-10-12(3)4/h5-10H,1-4H3. The quantitative estimate of drug-likeness (QED) is 0.702. The normalized spacial score (nSPS) is 9.25. The van der Waals surface area contributed by atoms with Crippen molar-refractivity contribution in [3.8, 4) is 11.5 Å². The summed E-state index contributed by atoms with van der Waals surface area (Å²) in [5, 5.41) is 0. The lowest BCUT2D eigenvalue weighted by Gasteiger charge is -2.04. The fourth-order valence-corrected chi connectivity index (χ4v) is 0.993. The predicted molar refractivity (Wildman–Crippen MR) is 66.6 cm³/mol. The molecule has 0 radical (unpaired) electrons. The molecule has 0 N–H and O–H groups in total. The molecule has 0 aromatic heterocycles. The van der Waals surface area contributed by atoms with Gasteiger partial charge in [-0.1, -0.05) is 6.07 Å². The second-order valence-electron chi connectivity index (χ2n) is 4.10. The van der Waals surface area contributed by atoms with E-state index in [1.807, 2.05) is 52.0 Å². The maximum atomic E-state index is 5.45. The molecule has 1 aromatic rings. The molecule has 0 aliphatic carbocycles. The summed E-state index contributed by atoms with van der Waals surface area (Å²) in [4.78, 5) is 0. The first-order valence-electron chi connectivity index (χ1n) is 5.28. The molecule has 86 valence electrons. The lowest BCUT2D eigenvalue weighted by atomic mass is 10.3. The molecule has 1 aromatic carbocycles. The van der Waals surface area contributed by atoms with Crippen LogP contribution in [0.25, 0.3) is 0 Å². The molecule has 0 spiro atoms. The van der Waals surface area contributed by atoms with E-state index in [9.17, 15) is 0 Å². The van der Waals surface area contributed by atoms with Gasteiger partial charge in [0.2, 0.25) is 0 Å². The maximum Gasteiger partial charge on any atom is 0.130 e. The number of hydrogen-bond donors (Lipinski definition) is 0. The van der Waals surface area contributed by atoms with Crippen LogP contribution < -0.4 is 9.47 Å². The Labute approximate surface area is 97.2 Å². The van der Waals surface area contributed by atoms with Crippen molar-refractivity contribution in [1.82, 2.24) is 0 Å².